The average Bonchev–Trinajstić information content (AvgIpc) is 4.03. The van der Waals surface area contributed by atoms with Crippen molar-refractivity contribution in [3.05, 3.63) is 71.3 Å². The molecule has 0 radical (unpaired) electrons. The van der Waals surface area contributed by atoms with Crippen LogP contribution in [0, 0.1) is 23.7 Å². The Kier molecular flexibility index (Phi) is 11.1. The topological polar surface area (TPSA) is 159 Å². The molecule has 14 heteroatoms. The number of ether oxygens (including phenoxy) is 1. The van der Waals surface area contributed by atoms with Crippen LogP contribution in [0.2, 0.25) is 5.02 Å². The minimum Gasteiger partial charge on any atom is -0.460 e. The van der Waals surface area contributed by atoms with E-state index >= 15 is 0 Å². The molecule has 0 spiro atoms. The molecule has 2 aliphatic carbocycles. The number of hydrogen-bond donors (Lipinski definition) is 2. The van der Waals surface area contributed by atoms with Gasteiger partial charge in [-0.25, -0.2) is 8.42 Å². The Labute approximate surface area is 333 Å². The van der Waals surface area contributed by atoms with Gasteiger partial charge in [-0.1, -0.05) is 60.9 Å². The Bertz CT molecular complexity index is 2040. The number of hydrogen-bond acceptors (Lipinski definition) is 8. The number of carbonyl (C=O) groups excluding carboxylic acids is 5. The van der Waals surface area contributed by atoms with Gasteiger partial charge in [0.1, 0.15) is 17.2 Å². The van der Waals surface area contributed by atoms with Gasteiger partial charge in [-0.3, -0.25) is 28.7 Å². The van der Waals surface area contributed by atoms with Gasteiger partial charge in [-0.2, -0.15) is 0 Å². The number of fused-ring (bicyclic) bond motifs is 4. The van der Waals surface area contributed by atoms with Crippen LogP contribution in [-0.2, 0) is 33.9 Å². The molecule has 4 fully saturated rings. The van der Waals surface area contributed by atoms with Crippen LogP contribution in [0.3, 0.4) is 0 Å². The van der Waals surface area contributed by atoms with Gasteiger partial charge in [-0.05, 0) is 94.7 Å². The normalized spacial score (nSPS) is 28.8. The third kappa shape index (κ3) is 8.68. The number of benzene rings is 2. The third-order valence-corrected chi connectivity index (χ3v) is 13.8. The van der Waals surface area contributed by atoms with Crippen molar-refractivity contribution in [2.45, 2.75) is 101 Å². The second-order valence-electron chi connectivity index (χ2n) is 17.2. The summed E-state index contributed by atoms with van der Waals surface area (Å²) in [6, 6.07) is 13.6. The zero-order valence-corrected chi connectivity index (χ0v) is 33.7. The zero-order chi connectivity index (χ0) is 40.0. The molecule has 300 valence electrons. The maximum absolute atomic E-state index is 14.7. The van der Waals surface area contributed by atoms with Crippen LogP contribution in [0.1, 0.15) is 88.9 Å². The van der Waals surface area contributed by atoms with Gasteiger partial charge in [0.15, 0.2) is 0 Å². The molecule has 3 aliphatic heterocycles. The fraction of sp³-hybridized carbons (Fsp3) is 0.548. The average molecular weight is 807 g/mol. The number of rotatable bonds is 7. The van der Waals surface area contributed by atoms with Crippen molar-refractivity contribution in [1.82, 2.24) is 19.8 Å². The van der Waals surface area contributed by atoms with Crippen molar-refractivity contribution < 1.29 is 37.1 Å². The summed E-state index contributed by atoms with van der Waals surface area (Å²) in [5, 5.41) is 2.89. The summed E-state index contributed by atoms with van der Waals surface area (Å²) in [6.45, 7) is 5.97. The third-order valence-electron chi connectivity index (χ3n) is 11.7. The van der Waals surface area contributed by atoms with E-state index in [0.717, 1.165) is 24.0 Å². The van der Waals surface area contributed by atoms with Gasteiger partial charge in [0.05, 0.1) is 11.7 Å². The molecular formula is C42H51ClN4O8S. The van der Waals surface area contributed by atoms with Crippen molar-refractivity contribution >= 4 is 51.2 Å². The van der Waals surface area contributed by atoms with E-state index in [1.807, 2.05) is 48.6 Å². The second-order valence-corrected chi connectivity index (χ2v) is 19.6. The number of nitrogens with zero attached hydrogens (tertiary/aromatic N) is 2. The van der Waals surface area contributed by atoms with E-state index in [4.69, 9.17) is 16.3 Å². The lowest BCUT2D eigenvalue weighted by Gasteiger charge is -2.33. The van der Waals surface area contributed by atoms with Crippen LogP contribution in [0.15, 0.2) is 60.7 Å². The Morgan fingerprint density at radius 1 is 0.964 bits per heavy atom. The highest BCUT2D eigenvalue weighted by Crippen LogP contribution is 2.47. The molecule has 0 aromatic heterocycles. The summed E-state index contributed by atoms with van der Waals surface area (Å²) in [5.74, 6) is -4.31. The molecule has 2 saturated carbocycles. The number of sulfonamides is 1. The Balaban J connectivity index is 1.18. The number of carbonyl (C=O) groups is 5. The summed E-state index contributed by atoms with van der Waals surface area (Å²) in [6.07, 6.45) is 8.31. The number of allylic oxidation sites excluding steroid dienone is 1. The van der Waals surface area contributed by atoms with E-state index in [-0.39, 0.29) is 43.7 Å². The minimum atomic E-state index is -3.90. The molecule has 0 unspecified atom stereocenters. The largest absolute Gasteiger partial charge is 0.460 e. The molecular weight excluding hydrogens is 756 g/mol. The number of nitrogens with one attached hydrogen (secondary N) is 2. The van der Waals surface area contributed by atoms with Gasteiger partial charge < -0.3 is 19.9 Å². The van der Waals surface area contributed by atoms with Crippen LogP contribution in [-0.4, -0.2) is 89.9 Å². The van der Waals surface area contributed by atoms with E-state index in [0.29, 0.717) is 49.2 Å². The maximum atomic E-state index is 14.7. The van der Waals surface area contributed by atoms with E-state index in [2.05, 4.69) is 10.0 Å². The number of likely N-dealkylation sites (tertiary alicyclic amines) is 1. The van der Waals surface area contributed by atoms with Crippen LogP contribution < -0.4 is 10.0 Å². The van der Waals surface area contributed by atoms with Crippen LogP contribution in [0.25, 0.3) is 11.1 Å². The summed E-state index contributed by atoms with van der Waals surface area (Å²) in [7, 11) is -3.90. The smallest absolute Gasteiger partial charge is 0.307 e. The van der Waals surface area contributed by atoms with Crippen molar-refractivity contribution in [1.29, 1.82) is 0 Å². The Morgan fingerprint density at radius 3 is 2.41 bits per heavy atom. The molecule has 12 nitrogen and oxygen atoms in total. The second kappa shape index (κ2) is 15.6. The molecule has 4 amide bonds. The van der Waals surface area contributed by atoms with Gasteiger partial charge in [0.2, 0.25) is 21.8 Å². The summed E-state index contributed by atoms with van der Waals surface area (Å²) >= 11 is 6.24. The first kappa shape index (κ1) is 40.0. The SMILES string of the molecule is CC(C)(C)OC(=O)C[C@@H]1CCCCC/C=C\[C@@H]2C[C@@]2(C(=O)NS(=O)(=O)C2CC2)NC(=O)[C@@H]2[C@H]3CN(C(=O)c4cccc(-c5cccc(Cl)c5)c4)C[C@H]3CN2C1=O. The molecule has 6 atom stereocenters. The summed E-state index contributed by atoms with van der Waals surface area (Å²) in [5.41, 5.74) is -0.0887. The van der Waals surface area contributed by atoms with Crippen molar-refractivity contribution in [2.24, 2.45) is 23.7 Å². The standard InChI is InChI=1S/C42H51ClN4O8S/c1-41(2,3)55-35(48)21-29-11-7-5-4-6-8-15-31-22-42(31,40(52)45-56(53,54)33-17-18-33)44-37(49)36-34-25-46(23-30(34)24-47(36)39(29)51)38(50)28-14-9-12-26(19-28)27-13-10-16-32(43)20-27/h8-10,12-16,19-20,29-31,33-34,36H,4-7,11,17-18,21-25H2,1-3H3,(H,44,49)(H,45,52)/b15-8-/t29-,30-,31+,34-,36-,42+/m0/s1. The maximum Gasteiger partial charge on any atom is 0.307 e. The predicted molar refractivity (Wildman–Crippen MR) is 211 cm³/mol. The lowest BCUT2D eigenvalue weighted by Crippen LogP contribution is -2.58. The van der Waals surface area contributed by atoms with Crippen molar-refractivity contribution in [3.8, 4) is 11.1 Å². The molecule has 2 aromatic rings. The van der Waals surface area contributed by atoms with E-state index < -0.39 is 68.0 Å². The number of halogens is 1. The van der Waals surface area contributed by atoms with E-state index in [1.165, 1.54) is 0 Å². The predicted octanol–water partition coefficient (Wildman–Crippen LogP) is 5.26. The molecule has 0 bridgehead atoms. The molecule has 7 rings (SSSR count). The van der Waals surface area contributed by atoms with Crippen LogP contribution in [0.5, 0.6) is 0 Å². The monoisotopic (exact) mass is 806 g/mol. The molecule has 2 aromatic carbocycles. The minimum absolute atomic E-state index is 0.142. The van der Waals surface area contributed by atoms with Crippen molar-refractivity contribution in [2.75, 3.05) is 19.6 Å². The van der Waals surface area contributed by atoms with Gasteiger partial charge in [0.25, 0.3) is 11.8 Å². The van der Waals surface area contributed by atoms with Crippen molar-refractivity contribution in [3.63, 3.8) is 0 Å². The lowest BCUT2D eigenvalue weighted by molar-refractivity contribution is -0.159. The Morgan fingerprint density at radius 2 is 1.70 bits per heavy atom. The van der Waals surface area contributed by atoms with Gasteiger partial charge >= 0.3 is 5.97 Å². The number of esters is 1. The molecule has 5 aliphatic rings. The summed E-state index contributed by atoms with van der Waals surface area (Å²) < 4.78 is 33.7. The summed E-state index contributed by atoms with van der Waals surface area (Å²) in [4.78, 5) is 73.6. The van der Waals surface area contributed by atoms with E-state index in [1.54, 1.807) is 42.7 Å². The fourth-order valence-electron chi connectivity index (χ4n) is 8.64. The van der Waals surface area contributed by atoms with E-state index in [9.17, 15) is 32.4 Å². The number of amides is 4. The quantitative estimate of drug-likeness (QED) is 0.284. The highest BCUT2D eigenvalue weighted by Gasteiger charge is 2.63. The first-order valence-corrected chi connectivity index (χ1v) is 21.7. The lowest BCUT2D eigenvalue weighted by atomic mass is 9.92. The highest BCUT2D eigenvalue weighted by atomic mass is 35.5. The molecule has 2 saturated heterocycles. The molecule has 2 N–H and O–H groups in total. The zero-order valence-electron chi connectivity index (χ0n) is 32.2. The van der Waals surface area contributed by atoms with Crippen LogP contribution in [0.4, 0.5) is 0 Å². The Hall–Kier alpha value is -4.23. The first-order chi connectivity index (χ1) is 26.5. The fourth-order valence-corrected chi connectivity index (χ4v) is 10.2. The molecule has 56 heavy (non-hydrogen) atoms. The van der Waals surface area contributed by atoms with Gasteiger partial charge in [0, 0.05) is 53.9 Å². The highest BCUT2D eigenvalue weighted by molar-refractivity contribution is 7.91. The molecule has 3 heterocycles. The van der Waals surface area contributed by atoms with Gasteiger partial charge in [-0.15, -0.1) is 0 Å². The first-order valence-electron chi connectivity index (χ1n) is 19.8. The van der Waals surface area contributed by atoms with Crippen LogP contribution >= 0.6 is 11.6 Å².